The number of fused-ring (bicyclic) bond motifs is 2. The molecule has 1 fully saturated rings. The third-order valence-electron chi connectivity index (χ3n) is 8.52. The number of rotatable bonds is 12. The van der Waals surface area contributed by atoms with Crippen LogP contribution in [0.3, 0.4) is 0 Å². The number of nitrogens with zero attached hydrogens (tertiary/aromatic N) is 4. The molecule has 2 aromatic carbocycles. The van der Waals surface area contributed by atoms with Crippen molar-refractivity contribution in [1.82, 2.24) is 9.88 Å². The molecule has 5 rings (SSSR count). The maximum absolute atomic E-state index is 12.7. The van der Waals surface area contributed by atoms with Gasteiger partial charge in [0.1, 0.15) is 5.82 Å². The number of piperazine rings is 1. The van der Waals surface area contributed by atoms with Crippen LogP contribution in [-0.4, -0.2) is 67.8 Å². The lowest BCUT2D eigenvalue weighted by Gasteiger charge is -2.36. The summed E-state index contributed by atoms with van der Waals surface area (Å²) >= 11 is 0. The van der Waals surface area contributed by atoms with E-state index in [1.165, 1.54) is 21.4 Å². The number of unbranched alkanes of at least 4 members (excludes halogenated alkanes) is 1. The Morgan fingerprint density at radius 1 is 0.955 bits per heavy atom. The van der Waals surface area contributed by atoms with Gasteiger partial charge in [-0.25, -0.2) is 0 Å². The molecule has 2 aliphatic rings. The minimum atomic E-state index is -0.288. The van der Waals surface area contributed by atoms with Gasteiger partial charge in [-0.2, -0.15) is 4.98 Å². The fourth-order valence-electron chi connectivity index (χ4n) is 6.51. The predicted molar refractivity (Wildman–Crippen MR) is 176 cm³/mol. The fourth-order valence-corrected chi connectivity index (χ4v) is 6.51. The summed E-state index contributed by atoms with van der Waals surface area (Å²) in [6, 6.07) is 19.0. The van der Waals surface area contributed by atoms with Gasteiger partial charge in [-0.15, -0.1) is 0 Å². The first-order valence-corrected chi connectivity index (χ1v) is 16.2. The lowest BCUT2D eigenvalue weighted by atomic mass is 9.84. The molecule has 2 aliphatic heterocycles. The zero-order valence-electron chi connectivity index (χ0n) is 26.9. The molecule has 3 aromatic rings. The lowest BCUT2D eigenvalue weighted by Crippen LogP contribution is -2.46. The highest BCUT2D eigenvalue weighted by atomic mass is 16.5. The van der Waals surface area contributed by atoms with Gasteiger partial charge in [0.25, 0.3) is 0 Å². The zero-order chi connectivity index (χ0) is 31.1. The molecular formula is C36H48N4O4. The Morgan fingerprint density at radius 2 is 1.73 bits per heavy atom. The topological polar surface area (TPSA) is 75.2 Å². The minimum Gasteiger partial charge on any atom is -0.478 e. The summed E-state index contributed by atoms with van der Waals surface area (Å²) in [6.45, 7) is 14.2. The van der Waals surface area contributed by atoms with Crippen molar-refractivity contribution in [2.45, 2.75) is 66.2 Å². The molecule has 1 amide bonds. The maximum atomic E-state index is 12.7. The molecule has 8 heteroatoms. The largest absolute Gasteiger partial charge is 0.478 e. The van der Waals surface area contributed by atoms with Crippen molar-refractivity contribution in [1.29, 1.82) is 0 Å². The number of hydrogen-bond acceptors (Lipinski definition) is 7. The number of benzene rings is 2. The van der Waals surface area contributed by atoms with Gasteiger partial charge in [-0.3, -0.25) is 19.4 Å². The molecule has 1 aromatic heterocycles. The molecule has 0 bridgehead atoms. The Kier molecular flexibility index (Phi) is 10.4. The Labute approximate surface area is 262 Å². The molecule has 0 aliphatic carbocycles. The second-order valence-corrected chi connectivity index (χ2v) is 13.6. The number of carbonyl (C=O) groups excluding carboxylic acids is 2. The smallest absolute Gasteiger partial charge is 0.307 e. The molecule has 1 atom stereocenters. The van der Waals surface area contributed by atoms with Crippen LogP contribution < -0.4 is 14.5 Å². The second-order valence-electron chi connectivity index (χ2n) is 13.6. The Hall–Kier alpha value is -3.65. The van der Waals surface area contributed by atoms with Gasteiger partial charge in [0.05, 0.1) is 6.61 Å². The summed E-state index contributed by atoms with van der Waals surface area (Å²) < 4.78 is 11.5. The highest BCUT2D eigenvalue weighted by molar-refractivity contribution is 5.95. The average molecular weight is 601 g/mol. The van der Waals surface area contributed by atoms with Crippen LogP contribution in [0.5, 0.6) is 5.88 Å². The number of amides is 1. The second kappa shape index (κ2) is 14.4. The van der Waals surface area contributed by atoms with Gasteiger partial charge in [-0.1, -0.05) is 64.1 Å². The van der Waals surface area contributed by atoms with Crippen molar-refractivity contribution in [3.8, 4) is 5.88 Å². The van der Waals surface area contributed by atoms with Crippen molar-refractivity contribution in [3.63, 3.8) is 0 Å². The van der Waals surface area contributed by atoms with Crippen LogP contribution in [0, 0.1) is 11.3 Å². The highest BCUT2D eigenvalue weighted by Gasteiger charge is 2.28. The summed E-state index contributed by atoms with van der Waals surface area (Å²) in [5, 5.41) is 2.62. The van der Waals surface area contributed by atoms with Crippen LogP contribution in [0.4, 0.5) is 11.5 Å². The van der Waals surface area contributed by atoms with Crippen molar-refractivity contribution in [3.05, 3.63) is 60.2 Å². The number of carbonyl (C=O) groups is 2. The summed E-state index contributed by atoms with van der Waals surface area (Å²) in [7, 11) is 0. The summed E-state index contributed by atoms with van der Waals surface area (Å²) in [6.07, 6.45) is 4.25. The summed E-state index contributed by atoms with van der Waals surface area (Å²) in [4.78, 5) is 36.4. The van der Waals surface area contributed by atoms with Crippen molar-refractivity contribution >= 4 is 34.2 Å². The molecular weight excluding hydrogens is 552 g/mol. The van der Waals surface area contributed by atoms with E-state index in [0.717, 1.165) is 57.5 Å². The standard InChI is InChI=1S/C36H48N4O4/c1-27(25-36(2,3)4)24-34(42)44-26-40-33(41)17-15-29-14-16-32(37-35(29)40)43-23-8-7-18-38-19-21-39(22-20-38)31-13-9-11-28-10-5-6-12-30(28)31/h5-6,9-14,16,27H,7-8,15,17-26H2,1-4H3. The van der Waals surface area contributed by atoms with E-state index in [-0.39, 0.29) is 29.9 Å². The first-order valence-electron chi connectivity index (χ1n) is 16.2. The van der Waals surface area contributed by atoms with Crippen molar-refractivity contribution in [2.75, 3.05) is 55.9 Å². The molecule has 236 valence electrons. The third-order valence-corrected chi connectivity index (χ3v) is 8.52. The number of anilines is 2. The number of aryl methyl sites for hydroxylation is 1. The van der Waals surface area contributed by atoms with E-state index >= 15 is 0 Å². The van der Waals surface area contributed by atoms with Crippen LogP contribution in [0.15, 0.2) is 54.6 Å². The van der Waals surface area contributed by atoms with E-state index in [4.69, 9.17) is 9.47 Å². The van der Waals surface area contributed by atoms with E-state index in [1.54, 1.807) is 0 Å². The lowest BCUT2D eigenvalue weighted by molar-refractivity contribution is -0.145. The van der Waals surface area contributed by atoms with Gasteiger partial charge in [0.2, 0.25) is 11.8 Å². The van der Waals surface area contributed by atoms with Gasteiger partial charge >= 0.3 is 5.97 Å². The number of esters is 1. The van der Waals surface area contributed by atoms with Crippen molar-refractivity contribution in [2.24, 2.45) is 11.3 Å². The maximum Gasteiger partial charge on any atom is 0.307 e. The van der Waals surface area contributed by atoms with Gasteiger partial charge < -0.3 is 14.4 Å². The van der Waals surface area contributed by atoms with Gasteiger partial charge in [0.15, 0.2) is 6.73 Å². The molecule has 44 heavy (non-hydrogen) atoms. The number of ether oxygens (including phenoxy) is 2. The SMILES string of the molecule is CC(CC(=O)OCN1C(=O)CCc2ccc(OCCCCN3CCN(c4cccc5ccccc45)CC3)nc21)CC(C)(C)C. The Morgan fingerprint density at radius 3 is 2.52 bits per heavy atom. The molecule has 0 saturated carbocycles. The van der Waals surface area contributed by atoms with E-state index in [2.05, 4.69) is 84.9 Å². The number of aromatic nitrogens is 1. The molecule has 3 heterocycles. The van der Waals surface area contributed by atoms with Crippen LogP contribution >= 0.6 is 0 Å². The predicted octanol–water partition coefficient (Wildman–Crippen LogP) is 6.46. The zero-order valence-corrected chi connectivity index (χ0v) is 26.9. The first-order chi connectivity index (χ1) is 21.2. The van der Waals surface area contributed by atoms with Gasteiger partial charge in [-0.05, 0) is 66.6 Å². The minimum absolute atomic E-state index is 0.0850. The number of hydrogen-bond donors (Lipinski definition) is 0. The van der Waals surface area contributed by atoms with E-state index in [9.17, 15) is 9.59 Å². The van der Waals surface area contributed by atoms with E-state index < -0.39 is 0 Å². The quantitative estimate of drug-likeness (QED) is 0.175. The van der Waals surface area contributed by atoms with Crippen molar-refractivity contribution < 1.29 is 19.1 Å². The Bertz CT molecular complexity index is 1420. The third kappa shape index (κ3) is 8.50. The van der Waals surface area contributed by atoms with Crippen LogP contribution in [-0.2, 0) is 20.7 Å². The molecule has 0 radical (unpaired) electrons. The van der Waals surface area contributed by atoms with E-state index in [1.807, 2.05) is 12.1 Å². The summed E-state index contributed by atoms with van der Waals surface area (Å²) in [5.74, 6) is 0.877. The molecule has 8 nitrogen and oxygen atoms in total. The average Bonchev–Trinajstić information content (AvgIpc) is 2.99. The normalized spacial score (nSPS) is 16.6. The Balaban J connectivity index is 1.05. The number of pyridine rings is 1. The fraction of sp³-hybridized carbons (Fsp3) is 0.528. The molecule has 1 saturated heterocycles. The molecule has 1 unspecified atom stereocenters. The van der Waals surface area contributed by atoms with Crippen LogP contribution in [0.1, 0.15) is 65.4 Å². The van der Waals surface area contributed by atoms with Gasteiger partial charge in [0, 0.05) is 56.2 Å². The van der Waals surface area contributed by atoms with Crippen LogP contribution in [0.2, 0.25) is 0 Å². The molecule has 0 N–H and O–H groups in total. The monoisotopic (exact) mass is 600 g/mol. The first kappa shape index (κ1) is 31.8. The highest BCUT2D eigenvalue weighted by Crippen LogP contribution is 2.30. The summed E-state index contributed by atoms with van der Waals surface area (Å²) in [5.41, 5.74) is 2.45. The molecule has 0 spiro atoms. The van der Waals surface area contributed by atoms with E-state index in [0.29, 0.717) is 37.6 Å². The van der Waals surface area contributed by atoms with Crippen LogP contribution in [0.25, 0.3) is 10.8 Å².